The third kappa shape index (κ3) is 6.95. The topological polar surface area (TPSA) is 124 Å². The zero-order valence-electron chi connectivity index (χ0n) is 32.9. The van der Waals surface area contributed by atoms with Crippen LogP contribution in [0.3, 0.4) is 0 Å². The number of methoxy groups -OCH3 is 1. The molecule has 0 bridgehead atoms. The molecule has 2 amide bonds. The Morgan fingerprint density at radius 2 is 1.67 bits per heavy atom. The predicted molar refractivity (Wildman–Crippen MR) is 219 cm³/mol. The van der Waals surface area contributed by atoms with Crippen molar-refractivity contribution >= 4 is 34.2 Å². The number of carbonyl (C=O) groups excluding carboxylic acids is 2. The quantitative estimate of drug-likeness (QED) is 0.176. The number of benzene rings is 3. The lowest BCUT2D eigenvalue weighted by Crippen LogP contribution is -2.52. The molecule has 1 saturated heterocycles. The molecule has 58 heavy (non-hydrogen) atoms. The maximum atomic E-state index is 15.2. The van der Waals surface area contributed by atoms with E-state index in [4.69, 9.17) is 18.9 Å². The third-order valence-electron chi connectivity index (χ3n) is 11.6. The number of nitrogens with zero attached hydrogens (tertiary/aromatic N) is 6. The van der Waals surface area contributed by atoms with E-state index in [0.717, 1.165) is 48.3 Å². The van der Waals surface area contributed by atoms with Crippen LogP contribution in [0.1, 0.15) is 37.5 Å². The molecule has 1 atom stereocenters. The first-order valence-electron chi connectivity index (χ1n) is 19.6. The lowest BCUT2D eigenvalue weighted by molar-refractivity contribution is 0.0193. The van der Waals surface area contributed by atoms with Crippen LogP contribution < -0.4 is 14.4 Å². The number of hydrogen-bond acceptors (Lipinski definition) is 9. The Labute approximate surface area is 336 Å². The summed E-state index contributed by atoms with van der Waals surface area (Å²) in [6.45, 7) is 4.57. The number of fused-ring (bicyclic) bond motifs is 3. The van der Waals surface area contributed by atoms with E-state index in [1.165, 1.54) is 5.56 Å². The fraction of sp³-hybridized carbons (Fsp3) is 0.311. The van der Waals surface area contributed by atoms with E-state index in [1.807, 2.05) is 64.7 Å². The van der Waals surface area contributed by atoms with Crippen molar-refractivity contribution in [3.05, 3.63) is 119 Å². The van der Waals surface area contributed by atoms with Gasteiger partial charge in [-0.15, -0.1) is 0 Å². The van der Waals surface area contributed by atoms with Gasteiger partial charge in [0.2, 0.25) is 6.79 Å². The normalized spacial score (nSPS) is 16.5. The molecule has 1 N–H and O–H groups in total. The maximum absolute atomic E-state index is 15.2. The van der Waals surface area contributed by atoms with E-state index in [2.05, 4.69) is 28.1 Å². The van der Waals surface area contributed by atoms with Gasteiger partial charge in [0.05, 0.1) is 53.9 Å². The van der Waals surface area contributed by atoms with Crippen LogP contribution in [-0.2, 0) is 43.0 Å². The van der Waals surface area contributed by atoms with E-state index in [-0.39, 0.29) is 30.4 Å². The minimum atomic E-state index is -0.305. The lowest BCUT2D eigenvalue weighted by Gasteiger charge is -2.40. The van der Waals surface area contributed by atoms with Crippen LogP contribution in [0.15, 0.2) is 91.3 Å². The second-order valence-electron chi connectivity index (χ2n) is 15.1. The Morgan fingerprint density at radius 1 is 0.914 bits per heavy atom. The standard InChI is InChI=1S/C45H46N6O7/c1-47-14-12-38-41(47)21-32(25-46-38)51(31-8-10-34(52)11-9-31)45(54)37-22-40(48(2)39(37)13-17-55-3)35-23-42-43(58-28-57-42)24-36(35)44(53)50-26-30-7-5-4-6-29(30)20-33(50)27-49-15-18-56-19-16-49/h4-12,14,21-25,33,52H,13,15-20,26-28H2,1-3H3/t33-/m0/s1. The summed E-state index contributed by atoms with van der Waals surface area (Å²) in [4.78, 5) is 41.1. The SMILES string of the molecule is COCCc1c(C(=O)N(c2ccc(O)cc2)c2cnc3ccn(C)c3c2)cc(-c2cc3c(cc2C(=O)N2Cc4ccccc4C[C@H]2CN2CCOCC2)OCO3)n1C. The Hall–Kier alpha value is -6.15. The largest absolute Gasteiger partial charge is 0.508 e. The number of carbonyl (C=O) groups is 2. The average Bonchev–Trinajstić information content (AvgIpc) is 3.96. The molecule has 1 fully saturated rings. The first kappa shape index (κ1) is 37.4. The summed E-state index contributed by atoms with van der Waals surface area (Å²) in [6.07, 6.45) is 4.77. The molecule has 6 heterocycles. The van der Waals surface area contributed by atoms with Crippen LogP contribution in [0.5, 0.6) is 17.2 Å². The Kier molecular flexibility index (Phi) is 10.1. The fourth-order valence-electron chi connectivity index (χ4n) is 8.50. The summed E-state index contributed by atoms with van der Waals surface area (Å²) < 4.78 is 26.9. The number of aromatic hydroxyl groups is 1. The van der Waals surface area contributed by atoms with Gasteiger partial charge in [-0.25, -0.2) is 0 Å². The van der Waals surface area contributed by atoms with Gasteiger partial charge >= 0.3 is 0 Å². The van der Waals surface area contributed by atoms with Crippen LogP contribution in [0.25, 0.3) is 22.3 Å². The molecular formula is C45H46N6O7. The van der Waals surface area contributed by atoms with E-state index >= 15 is 9.59 Å². The van der Waals surface area contributed by atoms with Crippen molar-refractivity contribution in [3.8, 4) is 28.5 Å². The minimum Gasteiger partial charge on any atom is -0.508 e. The maximum Gasteiger partial charge on any atom is 0.264 e. The molecule has 3 aromatic heterocycles. The number of morpholine rings is 1. The number of pyridine rings is 1. The second kappa shape index (κ2) is 15.7. The number of hydrogen-bond donors (Lipinski definition) is 1. The van der Waals surface area contributed by atoms with Gasteiger partial charge in [-0.05, 0) is 72.1 Å². The molecule has 0 spiro atoms. The predicted octanol–water partition coefficient (Wildman–Crippen LogP) is 6.08. The highest BCUT2D eigenvalue weighted by atomic mass is 16.7. The van der Waals surface area contributed by atoms with E-state index in [9.17, 15) is 5.11 Å². The Bertz CT molecular complexity index is 2500. The highest BCUT2D eigenvalue weighted by Crippen LogP contribution is 2.42. The van der Waals surface area contributed by atoms with E-state index in [0.29, 0.717) is 78.0 Å². The molecule has 0 saturated carbocycles. The number of aryl methyl sites for hydroxylation is 1. The summed E-state index contributed by atoms with van der Waals surface area (Å²) >= 11 is 0. The average molecular weight is 783 g/mol. The zero-order chi connectivity index (χ0) is 39.9. The first-order chi connectivity index (χ1) is 28.3. The molecule has 0 radical (unpaired) electrons. The van der Waals surface area contributed by atoms with Gasteiger partial charge in [-0.2, -0.15) is 0 Å². The van der Waals surface area contributed by atoms with Gasteiger partial charge in [0.15, 0.2) is 11.5 Å². The van der Waals surface area contributed by atoms with Crippen LogP contribution in [-0.4, -0.2) is 100 Å². The van der Waals surface area contributed by atoms with Gasteiger partial charge in [0.1, 0.15) is 5.75 Å². The molecule has 0 unspecified atom stereocenters. The van der Waals surface area contributed by atoms with E-state index < -0.39 is 0 Å². The molecule has 0 aliphatic carbocycles. The number of amides is 2. The van der Waals surface area contributed by atoms with Crippen LogP contribution in [0, 0.1) is 0 Å². The summed E-state index contributed by atoms with van der Waals surface area (Å²) in [7, 11) is 5.48. The Morgan fingerprint density at radius 3 is 2.45 bits per heavy atom. The summed E-state index contributed by atoms with van der Waals surface area (Å²) in [5, 5.41) is 10.2. The molecule has 3 aliphatic rings. The monoisotopic (exact) mass is 782 g/mol. The van der Waals surface area contributed by atoms with Crippen molar-refractivity contribution in [2.24, 2.45) is 14.1 Å². The summed E-state index contributed by atoms with van der Waals surface area (Å²) in [5.74, 6) is 0.684. The van der Waals surface area contributed by atoms with Gasteiger partial charge in [0.25, 0.3) is 11.8 Å². The fourth-order valence-corrected chi connectivity index (χ4v) is 8.50. The first-order valence-corrected chi connectivity index (χ1v) is 19.6. The van der Waals surface area contributed by atoms with Crippen LogP contribution >= 0.6 is 0 Å². The van der Waals surface area contributed by atoms with Crippen molar-refractivity contribution in [2.45, 2.75) is 25.4 Å². The molecule has 298 valence electrons. The Balaban J connectivity index is 1.16. The van der Waals surface area contributed by atoms with Crippen molar-refractivity contribution in [1.29, 1.82) is 0 Å². The van der Waals surface area contributed by atoms with Crippen molar-refractivity contribution in [3.63, 3.8) is 0 Å². The highest BCUT2D eigenvalue weighted by molar-refractivity contribution is 6.13. The summed E-state index contributed by atoms with van der Waals surface area (Å²) in [6, 6.07) is 24.2. The van der Waals surface area contributed by atoms with Crippen molar-refractivity contribution < 1.29 is 33.6 Å². The number of ether oxygens (including phenoxy) is 4. The molecule has 9 rings (SSSR count). The lowest BCUT2D eigenvalue weighted by atomic mass is 9.92. The summed E-state index contributed by atoms with van der Waals surface area (Å²) in [5.41, 5.74) is 8.07. The van der Waals surface area contributed by atoms with Crippen LogP contribution in [0.4, 0.5) is 11.4 Å². The van der Waals surface area contributed by atoms with Gasteiger partial charge in [-0.3, -0.25) is 24.4 Å². The minimum absolute atomic E-state index is 0.0419. The third-order valence-corrected chi connectivity index (χ3v) is 11.6. The van der Waals surface area contributed by atoms with Crippen LogP contribution in [0.2, 0.25) is 0 Å². The zero-order valence-corrected chi connectivity index (χ0v) is 32.9. The molecule has 13 nitrogen and oxygen atoms in total. The number of aromatic nitrogens is 3. The number of phenolic OH excluding ortho intramolecular Hbond substituents is 1. The molecular weight excluding hydrogens is 737 g/mol. The van der Waals surface area contributed by atoms with Gasteiger partial charge in [0, 0.05) is 88.7 Å². The number of anilines is 2. The molecule has 3 aromatic carbocycles. The van der Waals surface area contributed by atoms with E-state index in [1.54, 1.807) is 48.5 Å². The highest BCUT2D eigenvalue weighted by Gasteiger charge is 2.36. The van der Waals surface area contributed by atoms with Crippen molar-refractivity contribution in [2.75, 3.05) is 58.3 Å². The number of phenols is 1. The molecule has 13 heteroatoms. The van der Waals surface area contributed by atoms with Gasteiger partial charge < -0.3 is 38.1 Å². The van der Waals surface area contributed by atoms with Gasteiger partial charge in [-0.1, -0.05) is 24.3 Å². The molecule has 3 aliphatic heterocycles. The molecule has 6 aromatic rings. The van der Waals surface area contributed by atoms with Crippen molar-refractivity contribution in [1.82, 2.24) is 23.9 Å². The number of rotatable bonds is 10. The smallest absolute Gasteiger partial charge is 0.264 e. The second-order valence-corrected chi connectivity index (χ2v) is 15.1.